The van der Waals surface area contributed by atoms with E-state index in [-0.39, 0.29) is 5.91 Å². The Morgan fingerprint density at radius 2 is 1.82 bits per heavy atom. The molecule has 0 radical (unpaired) electrons. The number of hydrogen-bond donors (Lipinski definition) is 1. The summed E-state index contributed by atoms with van der Waals surface area (Å²) >= 11 is 1.69. The van der Waals surface area contributed by atoms with Crippen molar-refractivity contribution < 1.29 is 14.3 Å². The molecule has 0 bridgehead atoms. The van der Waals surface area contributed by atoms with Crippen molar-refractivity contribution in [3.05, 3.63) is 48.0 Å². The molecule has 5 heteroatoms. The van der Waals surface area contributed by atoms with Crippen LogP contribution in [0.15, 0.2) is 47.4 Å². The summed E-state index contributed by atoms with van der Waals surface area (Å²) in [4.78, 5) is 13.5. The zero-order valence-electron chi connectivity index (χ0n) is 12.9. The van der Waals surface area contributed by atoms with E-state index in [1.807, 2.05) is 24.3 Å². The van der Waals surface area contributed by atoms with E-state index in [1.54, 1.807) is 44.2 Å². The highest BCUT2D eigenvalue weighted by molar-refractivity contribution is 7.99. The van der Waals surface area contributed by atoms with Crippen molar-refractivity contribution in [2.75, 3.05) is 25.3 Å². The monoisotopic (exact) mass is 317 g/mol. The molecule has 1 N–H and O–H groups in total. The standard InChI is InChI=1S/C17H19NO3S/c1-4-22-16-8-6-5-7-13(16)18-17(19)12-9-10-14(20-2)15(11-12)21-3/h5-11H,4H2,1-3H3,(H,18,19). The van der Waals surface area contributed by atoms with Gasteiger partial charge in [-0.05, 0) is 36.1 Å². The van der Waals surface area contributed by atoms with Gasteiger partial charge in [0, 0.05) is 10.5 Å². The third-order valence-corrected chi connectivity index (χ3v) is 4.04. The predicted molar refractivity (Wildman–Crippen MR) is 90.3 cm³/mol. The number of thioether (sulfide) groups is 1. The summed E-state index contributed by atoms with van der Waals surface area (Å²) in [7, 11) is 3.11. The van der Waals surface area contributed by atoms with Crippen molar-refractivity contribution in [3.63, 3.8) is 0 Å². The number of rotatable bonds is 6. The Balaban J connectivity index is 2.22. The van der Waals surface area contributed by atoms with Crippen LogP contribution in [0.5, 0.6) is 11.5 Å². The number of methoxy groups -OCH3 is 2. The smallest absolute Gasteiger partial charge is 0.255 e. The van der Waals surface area contributed by atoms with Crippen LogP contribution in [-0.2, 0) is 0 Å². The zero-order chi connectivity index (χ0) is 15.9. The fourth-order valence-corrected chi connectivity index (χ4v) is 2.78. The minimum atomic E-state index is -0.176. The van der Waals surface area contributed by atoms with E-state index < -0.39 is 0 Å². The number of amides is 1. The lowest BCUT2D eigenvalue weighted by Gasteiger charge is -2.12. The van der Waals surface area contributed by atoms with Crippen molar-refractivity contribution in [2.45, 2.75) is 11.8 Å². The summed E-state index contributed by atoms with van der Waals surface area (Å²) in [6.07, 6.45) is 0. The molecule has 0 unspecified atom stereocenters. The van der Waals surface area contributed by atoms with Crippen LogP contribution in [-0.4, -0.2) is 25.9 Å². The Kier molecular flexibility index (Phi) is 5.72. The first-order valence-corrected chi connectivity index (χ1v) is 7.93. The van der Waals surface area contributed by atoms with Crippen LogP contribution in [0.2, 0.25) is 0 Å². The number of anilines is 1. The SMILES string of the molecule is CCSc1ccccc1NC(=O)c1ccc(OC)c(OC)c1. The Bertz CT molecular complexity index is 658. The minimum absolute atomic E-state index is 0.176. The maximum absolute atomic E-state index is 12.4. The number of para-hydroxylation sites is 1. The number of ether oxygens (including phenoxy) is 2. The molecule has 2 aromatic carbocycles. The molecule has 116 valence electrons. The fourth-order valence-electron chi connectivity index (χ4n) is 2.02. The topological polar surface area (TPSA) is 47.6 Å². The molecule has 0 aliphatic carbocycles. The Labute approximate surface area is 134 Å². The third-order valence-electron chi connectivity index (χ3n) is 3.08. The highest BCUT2D eigenvalue weighted by Gasteiger charge is 2.12. The van der Waals surface area contributed by atoms with E-state index in [0.717, 1.165) is 16.3 Å². The highest BCUT2D eigenvalue weighted by Crippen LogP contribution is 2.29. The van der Waals surface area contributed by atoms with Gasteiger partial charge in [-0.1, -0.05) is 19.1 Å². The quantitative estimate of drug-likeness (QED) is 0.816. The molecule has 2 rings (SSSR count). The van der Waals surface area contributed by atoms with Crippen LogP contribution in [0.4, 0.5) is 5.69 Å². The average Bonchev–Trinajstić information content (AvgIpc) is 2.56. The van der Waals surface area contributed by atoms with Crippen LogP contribution < -0.4 is 14.8 Å². The minimum Gasteiger partial charge on any atom is -0.493 e. The van der Waals surface area contributed by atoms with E-state index in [0.29, 0.717) is 17.1 Å². The summed E-state index contributed by atoms with van der Waals surface area (Å²) < 4.78 is 10.4. The number of benzene rings is 2. The normalized spacial score (nSPS) is 10.1. The van der Waals surface area contributed by atoms with Gasteiger partial charge in [0.25, 0.3) is 5.91 Å². The Morgan fingerprint density at radius 3 is 2.50 bits per heavy atom. The predicted octanol–water partition coefficient (Wildman–Crippen LogP) is 4.07. The molecular formula is C17H19NO3S. The molecule has 0 heterocycles. The highest BCUT2D eigenvalue weighted by atomic mass is 32.2. The summed E-state index contributed by atoms with van der Waals surface area (Å²) in [6.45, 7) is 2.08. The summed E-state index contributed by atoms with van der Waals surface area (Å²) in [6, 6.07) is 12.9. The summed E-state index contributed by atoms with van der Waals surface area (Å²) in [5, 5.41) is 2.94. The van der Waals surface area contributed by atoms with Crippen LogP contribution in [0, 0.1) is 0 Å². The van der Waals surface area contributed by atoms with Gasteiger partial charge in [-0.2, -0.15) is 0 Å². The van der Waals surface area contributed by atoms with Crippen molar-refractivity contribution in [2.24, 2.45) is 0 Å². The average molecular weight is 317 g/mol. The van der Waals surface area contributed by atoms with Gasteiger partial charge in [0.15, 0.2) is 11.5 Å². The number of nitrogens with one attached hydrogen (secondary N) is 1. The second-order valence-corrected chi connectivity index (χ2v) is 5.76. The molecule has 2 aromatic rings. The summed E-state index contributed by atoms with van der Waals surface area (Å²) in [5.74, 6) is 1.90. The van der Waals surface area contributed by atoms with Gasteiger partial charge in [-0.3, -0.25) is 4.79 Å². The van der Waals surface area contributed by atoms with Gasteiger partial charge < -0.3 is 14.8 Å². The first-order chi connectivity index (χ1) is 10.7. The molecular weight excluding hydrogens is 298 g/mol. The molecule has 1 amide bonds. The molecule has 0 spiro atoms. The van der Waals surface area contributed by atoms with Gasteiger partial charge in [-0.25, -0.2) is 0 Å². The zero-order valence-corrected chi connectivity index (χ0v) is 13.7. The van der Waals surface area contributed by atoms with Gasteiger partial charge in [0.05, 0.1) is 19.9 Å². The van der Waals surface area contributed by atoms with E-state index in [2.05, 4.69) is 12.2 Å². The molecule has 0 saturated heterocycles. The van der Waals surface area contributed by atoms with Crippen LogP contribution >= 0.6 is 11.8 Å². The largest absolute Gasteiger partial charge is 0.493 e. The first-order valence-electron chi connectivity index (χ1n) is 6.94. The lowest BCUT2D eigenvalue weighted by atomic mass is 10.2. The number of hydrogen-bond acceptors (Lipinski definition) is 4. The van der Waals surface area contributed by atoms with Gasteiger partial charge in [0.1, 0.15) is 0 Å². The molecule has 0 aliphatic heterocycles. The van der Waals surface area contributed by atoms with E-state index in [9.17, 15) is 4.79 Å². The Morgan fingerprint density at radius 1 is 1.09 bits per heavy atom. The maximum Gasteiger partial charge on any atom is 0.255 e. The van der Waals surface area contributed by atoms with Gasteiger partial charge in [0.2, 0.25) is 0 Å². The second kappa shape index (κ2) is 7.75. The van der Waals surface area contributed by atoms with Crippen molar-refractivity contribution in [3.8, 4) is 11.5 Å². The van der Waals surface area contributed by atoms with Crippen LogP contribution in [0.1, 0.15) is 17.3 Å². The lowest BCUT2D eigenvalue weighted by Crippen LogP contribution is -2.12. The fraction of sp³-hybridized carbons (Fsp3) is 0.235. The van der Waals surface area contributed by atoms with Crippen molar-refractivity contribution >= 4 is 23.4 Å². The molecule has 0 fully saturated rings. The molecule has 0 saturated carbocycles. The van der Waals surface area contributed by atoms with E-state index in [4.69, 9.17) is 9.47 Å². The first kappa shape index (κ1) is 16.2. The molecule has 4 nitrogen and oxygen atoms in total. The van der Waals surface area contributed by atoms with E-state index in [1.165, 1.54) is 0 Å². The second-order valence-electron chi connectivity index (χ2n) is 4.45. The van der Waals surface area contributed by atoms with Gasteiger partial charge >= 0.3 is 0 Å². The lowest BCUT2D eigenvalue weighted by molar-refractivity contribution is 0.102. The van der Waals surface area contributed by atoms with Gasteiger partial charge in [-0.15, -0.1) is 11.8 Å². The maximum atomic E-state index is 12.4. The van der Waals surface area contributed by atoms with Crippen LogP contribution in [0.3, 0.4) is 0 Å². The molecule has 0 aliphatic rings. The third kappa shape index (κ3) is 3.74. The molecule has 22 heavy (non-hydrogen) atoms. The number of carbonyl (C=O) groups is 1. The van der Waals surface area contributed by atoms with E-state index >= 15 is 0 Å². The van der Waals surface area contributed by atoms with Crippen LogP contribution in [0.25, 0.3) is 0 Å². The van der Waals surface area contributed by atoms with Crippen molar-refractivity contribution in [1.29, 1.82) is 0 Å². The van der Waals surface area contributed by atoms with Crippen molar-refractivity contribution in [1.82, 2.24) is 0 Å². The molecule has 0 aromatic heterocycles. The number of carbonyl (C=O) groups excluding carboxylic acids is 1. The Hall–Kier alpha value is -2.14. The molecule has 0 atom stereocenters. The summed E-state index contributed by atoms with van der Waals surface area (Å²) in [5.41, 5.74) is 1.34.